The monoisotopic (exact) mass is 289 g/mol. The zero-order valence-corrected chi connectivity index (χ0v) is 13.1. The molecule has 0 amide bonds. The molecule has 1 fully saturated rings. The van der Waals surface area contributed by atoms with Crippen LogP contribution < -0.4 is 5.32 Å². The summed E-state index contributed by atoms with van der Waals surface area (Å²) >= 11 is 0. The summed E-state index contributed by atoms with van der Waals surface area (Å²) in [5.41, 5.74) is 1.75. The third-order valence-corrected chi connectivity index (χ3v) is 4.80. The van der Waals surface area contributed by atoms with Crippen LogP contribution >= 0.6 is 0 Å². The molecule has 1 N–H and O–H groups in total. The Morgan fingerprint density at radius 2 is 2.19 bits per heavy atom. The minimum absolute atomic E-state index is 0.210. The highest BCUT2D eigenvalue weighted by atomic mass is 19.1. The first-order valence-electron chi connectivity index (χ1n) is 7.66. The number of Topliss-reactive ketones (excluding diaryl/α,β-unsaturated/α-hetero) is 1. The van der Waals surface area contributed by atoms with E-state index in [1.165, 1.54) is 12.1 Å². The normalized spacial score (nSPS) is 21.6. The molecule has 2 rings (SSSR count). The van der Waals surface area contributed by atoms with Crippen LogP contribution in [0.4, 0.5) is 10.1 Å². The number of halogens is 1. The average Bonchev–Trinajstić information content (AvgIpc) is 2.46. The van der Waals surface area contributed by atoms with Gasteiger partial charge >= 0.3 is 0 Å². The van der Waals surface area contributed by atoms with E-state index in [1.807, 2.05) is 0 Å². The van der Waals surface area contributed by atoms with E-state index in [-0.39, 0.29) is 17.0 Å². The second-order valence-electron chi connectivity index (χ2n) is 6.53. The first-order valence-corrected chi connectivity index (χ1v) is 7.66. The third-order valence-electron chi connectivity index (χ3n) is 4.80. The Morgan fingerprint density at radius 3 is 2.86 bits per heavy atom. The molecule has 0 spiro atoms. The van der Waals surface area contributed by atoms with E-state index < -0.39 is 0 Å². The molecule has 0 bridgehead atoms. The molecule has 0 aliphatic heterocycles. The predicted octanol–water partition coefficient (Wildman–Crippen LogP) is 4.93. The molecule has 3 heteroatoms. The SMILES string of the molecule is CCC(C)(C)[C@H]1CCC(=O)/C(=C/Nc2cccc(F)c2)C1. The number of rotatable bonds is 4. The van der Waals surface area contributed by atoms with Gasteiger partial charge in [0, 0.05) is 23.9 Å². The summed E-state index contributed by atoms with van der Waals surface area (Å²) in [6.07, 6.45) is 5.26. The first-order chi connectivity index (χ1) is 9.92. The van der Waals surface area contributed by atoms with E-state index in [9.17, 15) is 9.18 Å². The number of carbonyl (C=O) groups is 1. The van der Waals surface area contributed by atoms with Gasteiger partial charge in [0.15, 0.2) is 5.78 Å². The molecule has 2 nitrogen and oxygen atoms in total. The van der Waals surface area contributed by atoms with Crippen LogP contribution in [0, 0.1) is 17.2 Å². The fraction of sp³-hybridized carbons (Fsp3) is 0.500. The van der Waals surface area contributed by atoms with Gasteiger partial charge in [-0.3, -0.25) is 4.79 Å². The van der Waals surface area contributed by atoms with Gasteiger partial charge in [-0.05, 0) is 42.4 Å². The lowest BCUT2D eigenvalue weighted by Crippen LogP contribution is -2.29. The van der Waals surface area contributed by atoms with Gasteiger partial charge in [0.25, 0.3) is 0 Å². The number of ketones is 1. The Morgan fingerprint density at radius 1 is 1.43 bits per heavy atom. The van der Waals surface area contributed by atoms with E-state index in [2.05, 4.69) is 26.1 Å². The summed E-state index contributed by atoms with van der Waals surface area (Å²) in [5.74, 6) is 0.459. The molecule has 1 saturated carbocycles. The van der Waals surface area contributed by atoms with Gasteiger partial charge in [-0.15, -0.1) is 0 Å². The van der Waals surface area contributed by atoms with Crippen molar-refractivity contribution in [2.45, 2.75) is 46.5 Å². The fourth-order valence-corrected chi connectivity index (χ4v) is 2.79. The summed E-state index contributed by atoms with van der Waals surface area (Å²) in [6.45, 7) is 6.74. The third kappa shape index (κ3) is 3.93. The lowest BCUT2D eigenvalue weighted by atomic mass is 9.68. The van der Waals surface area contributed by atoms with Crippen molar-refractivity contribution >= 4 is 11.5 Å². The van der Waals surface area contributed by atoms with Crippen LogP contribution in [0.15, 0.2) is 36.0 Å². The summed E-state index contributed by atoms with van der Waals surface area (Å²) in [5, 5.41) is 3.05. The molecule has 21 heavy (non-hydrogen) atoms. The smallest absolute Gasteiger partial charge is 0.160 e. The maximum Gasteiger partial charge on any atom is 0.160 e. The van der Waals surface area contributed by atoms with Crippen LogP contribution in [0.1, 0.15) is 46.5 Å². The Bertz CT molecular complexity index is 548. The second kappa shape index (κ2) is 6.42. The van der Waals surface area contributed by atoms with E-state index >= 15 is 0 Å². The minimum Gasteiger partial charge on any atom is -0.361 e. The van der Waals surface area contributed by atoms with Crippen molar-refractivity contribution in [3.8, 4) is 0 Å². The quantitative estimate of drug-likeness (QED) is 0.796. The van der Waals surface area contributed by atoms with Crippen LogP contribution in [-0.2, 0) is 4.79 Å². The van der Waals surface area contributed by atoms with Crippen LogP contribution in [-0.4, -0.2) is 5.78 Å². The number of hydrogen-bond acceptors (Lipinski definition) is 2. The summed E-state index contributed by atoms with van der Waals surface area (Å²) in [4.78, 5) is 12.1. The van der Waals surface area contributed by atoms with Crippen LogP contribution in [0.5, 0.6) is 0 Å². The van der Waals surface area contributed by atoms with E-state index in [0.29, 0.717) is 18.0 Å². The zero-order chi connectivity index (χ0) is 15.5. The van der Waals surface area contributed by atoms with Crippen molar-refractivity contribution < 1.29 is 9.18 Å². The minimum atomic E-state index is -0.279. The van der Waals surface area contributed by atoms with Crippen molar-refractivity contribution in [1.29, 1.82) is 0 Å². The highest BCUT2D eigenvalue weighted by Crippen LogP contribution is 2.41. The Kier molecular flexibility index (Phi) is 4.81. The topological polar surface area (TPSA) is 29.1 Å². The van der Waals surface area contributed by atoms with Gasteiger partial charge in [-0.25, -0.2) is 4.39 Å². The Hall–Kier alpha value is -1.64. The van der Waals surface area contributed by atoms with Crippen molar-refractivity contribution in [2.75, 3.05) is 5.32 Å². The molecule has 1 aliphatic carbocycles. The van der Waals surface area contributed by atoms with Crippen molar-refractivity contribution in [3.05, 3.63) is 41.9 Å². The van der Waals surface area contributed by atoms with Gasteiger partial charge in [0.05, 0.1) is 0 Å². The molecule has 0 heterocycles. The largest absolute Gasteiger partial charge is 0.361 e. The van der Waals surface area contributed by atoms with Gasteiger partial charge in [0.2, 0.25) is 0 Å². The number of carbonyl (C=O) groups excluding carboxylic acids is 1. The molecule has 1 aromatic rings. The molecule has 0 aromatic heterocycles. The summed E-state index contributed by atoms with van der Waals surface area (Å²) in [6, 6.07) is 6.28. The Labute approximate surface area is 126 Å². The number of benzene rings is 1. The molecule has 0 unspecified atom stereocenters. The maximum atomic E-state index is 13.1. The van der Waals surface area contributed by atoms with Crippen LogP contribution in [0.3, 0.4) is 0 Å². The number of hydrogen-bond donors (Lipinski definition) is 1. The summed E-state index contributed by atoms with van der Waals surface area (Å²) < 4.78 is 13.1. The molecule has 114 valence electrons. The van der Waals surface area contributed by atoms with Gasteiger partial charge in [0.1, 0.15) is 5.82 Å². The van der Waals surface area contributed by atoms with Gasteiger partial charge in [-0.2, -0.15) is 0 Å². The fourth-order valence-electron chi connectivity index (χ4n) is 2.79. The second-order valence-corrected chi connectivity index (χ2v) is 6.53. The molecule has 1 aromatic carbocycles. The van der Waals surface area contributed by atoms with Crippen LogP contribution in [0.2, 0.25) is 0 Å². The van der Waals surface area contributed by atoms with Crippen molar-refractivity contribution in [2.24, 2.45) is 11.3 Å². The highest BCUT2D eigenvalue weighted by molar-refractivity contribution is 5.96. The maximum absolute atomic E-state index is 13.1. The van der Waals surface area contributed by atoms with Crippen molar-refractivity contribution in [1.82, 2.24) is 0 Å². The van der Waals surface area contributed by atoms with E-state index in [0.717, 1.165) is 24.8 Å². The molecule has 0 saturated heterocycles. The lowest BCUT2D eigenvalue weighted by molar-refractivity contribution is -0.117. The van der Waals surface area contributed by atoms with Gasteiger partial charge < -0.3 is 5.32 Å². The molecular formula is C18H24FNO. The predicted molar refractivity (Wildman–Crippen MR) is 84.5 cm³/mol. The van der Waals surface area contributed by atoms with Gasteiger partial charge in [-0.1, -0.05) is 33.3 Å². The highest BCUT2D eigenvalue weighted by Gasteiger charge is 2.33. The Balaban J connectivity index is 2.10. The standard InChI is InChI=1S/C18H24FNO/c1-4-18(2,3)14-8-9-17(21)13(10-14)12-20-16-7-5-6-15(19)11-16/h5-7,11-12,14,20H,4,8-10H2,1-3H3/b13-12+/t14-/m0/s1. The average molecular weight is 289 g/mol. The number of nitrogens with one attached hydrogen (secondary N) is 1. The lowest BCUT2D eigenvalue weighted by Gasteiger charge is -2.36. The summed E-state index contributed by atoms with van der Waals surface area (Å²) in [7, 11) is 0. The zero-order valence-electron chi connectivity index (χ0n) is 13.1. The molecule has 0 radical (unpaired) electrons. The molecule has 1 atom stereocenters. The van der Waals surface area contributed by atoms with E-state index in [1.54, 1.807) is 18.3 Å². The number of anilines is 1. The molecular weight excluding hydrogens is 265 g/mol. The van der Waals surface area contributed by atoms with E-state index in [4.69, 9.17) is 0 Å². The van der Waals surface area contributed by atoms with Crippen molar-refractivity contribution in [3.63, 3.8) is 0 Å². The number of allylic oxidation sites excluding steroid dienone is 1. The van der Waals surface area contributed by atoms with Crippen LogP contribution in [0.25, 0.3) is 0 Å². The first kappa shape index (κ1) is 15.7. The molecule has 1 aliphatic rings.